The highest BCUT2D eigenvalue weighted by molar-refractivity contribution is 7.95. The average Bonchev–Trinajstić information content (AvgIpc) is 2.93. The van der Waals surface area contributed by atoms with Gasteiger partial charge in [-0.05, 0) is 72.3 Å². The first-order valence-electron chi connectivity index (χ1n) is 11.9. The van der Waals surface area contributed by atoms with Crippen LogP contribution >= 0.6 is 7.26 Å². The third-order valence-electron chi connectivity index (χ3n) is 6.12. The SMILES string of the molecule is C(=C\c1cccc(Oc2ccccc2)c1)/C[P+](c1ccccc1)(c1ccccc1)c1ccccc1.[Cl-]. The number of ether oxygens (including phenoxy) is 1. The Morgan fingerprint density at radius 1 is 0.500 bits per heavy atom. The molecule has 3 heteroatoms. The summed E-state index contributed by atoms with van der Waals surface area (Å²) in [6, 6.07) is 51.1. The highest BCUT2D eigenvalue weighted by atomic mass is 35.5. The van der Waals surface area contributed by atoms with Gasteiger partial charge in [0.1, 0.15) is 34.7 Å². The molecule has 0 saturated carbocycles. The van der Waals surface area contributed by atoms with Gasteiger partial charge in [0.05, 0.1) is 6.16 Å². The normalized spacial score (nSPS) is 11.1. The van der Waals surface area contributed by atoms with Crippen molar-refractivity contribution in [1.82, 2.24) is 0 Å². The number of rotatable bonds is 8. The highest BCUT2D eigenvalue weighted by Gasteiger charge is 2.44. The molecule has 36 heavy (non-hydrogen) atoms. The van der Waals surface area contributed by atoms with E-state index < -0.39 is 7.26 Å². The van der Waals surface area contributed by atoms with Crippen molar-refractivity contribution in [2.75, 3.05) is 6.16 Å². The summed E-state index contributed by atoms with van der Waals surface area (Å²) in [5.74, 6) is 1.68. The minimum absolute atomic E-state index is 0. The molecule has 0 aliphatic carbocycles. The fourth-order valence-electron chi connectivity index (χ4n) is 4.46. The molecular formula is C33H28ClOP. The summed E-state index contributed by atoms with van der Waals surface area (Å²) < 4.78 is 6.05. The smallest absolute Gasteiger partial charge is 0.128 e. The van der Waals surface area contributed by atoms with E-state index in [0.717, 1.165) is 23.2 Å². The summed E-state index contributed by atoms with van der Waals surface area (Å²) in [6.45, 7) is 0. The predicted octanol–water partition coefficient (Wildman–Crippen LogP) is 4.49. The number of benzene rings is 5. The Bertz CT molecular complexity index is 1270. The molecule has 0 bridgehead atoms. The largest absolute Gasteiger partial charge is 1.00 e. The van der Waals surface area contributed by atoms with Crippen LogP contribution in [0.25, 0.3) is 6.08 Å². The van der Waals surface area contributed by atoms with Crippen molar-refractivity contribution < 1.29 is 17.1 Å². The summed E-state index contributed by atoms with van der Waals surface area (Å²) in [5.41, 5.74) is 1.13. The molecule has 0 saturated heterocycles. The molecule has 0 aromatic heterocycles. The third kappa shape index (κ3) is 5.77. The Kier molecular flexibility index (Phi) is 8.74. The highest BCUT2D eigenvalue weighted by Crippen LogP contribution is 2.55. The number of allylic oxidation sites excluding steroid dienone is 1. The molecule has 0 amide bonds. The molecule has 5 rings (SSSR count). The van der Waals surface area contributed by atoms with Gasteiger partial charge in [-0.3, -0.25) is 0 Å². The second-order valence-corrected chi connectivity index (χ2v) is 11.9. The van der Waals surface area contributed by atoms with Crippen LogP contribution in [0.5, 0.6) is 11.5 Å². The molecule has 0 N–H and O–H groups in total. The van der Waals surface area contributed by atoms with Gasteiger partial charge in [-0.15, -0.1) is 0 Å². The molecule has 1 nitrogen and oxygen atoms in total. The zero-order chi connectivity index (χ0) is 23.8. The number of para-hydroxylation sites is 1. The van der Waals surface area contributed by atoms with E-state index in [9.17, 15) is 0 Å². The van der Waals surface area contributed by atoms with Gasteiger partial charge in [0, 0.05) is 0 Å². The van der Waals surface area contributed by atoms with Crippen molar-refractivity contribution >= 4 is 29.3 Å². The van der Waals surface area contributed by atoms with E-state index in [1.807, 2.05) is 42.5 Å². The third-order valence-corrected chi connectivity index (χ3v) is 10.4. The Hall–Kier alpha value is -3.64. The van der Waals surface area contributed by atoms with Gasteiger partial charge in [0.25, 0.3) is 0 Å². The summed E-state index contributed by atoms with van der Waals surface area (Å²) in [5, 5.41) is 4.18. The monoisotopic (exact) mass is 506 g/mol. The number of hydrogen-bond donors (Lipinski definition) is 0. The fourth-order valence-corrected chi connectivity index (χ4v) is 8.46. The maximum absolute atomic E-state index is 6.05. The molecule has 0 aliphatic rings. The van der Waals surface area contributed by atoms with Gasteiger partial charge in [-0.1, -0.05) is 91.0 Å². The summed E-state index contributed by atoms with van der Waals surface area (Å²) >= 11 is 0. The van der Waals surface area contributed by atoms with Gasteiger partial charge >= 0.3 is 0 Å². The standard InChI is InChI=1S/C33H28OP.ClH/c1-5-17-29(18-6-1)34-30-19-13-15-28(27-30)16-14-26-35(31-20-7-2-8-21-31,32-22-9-3-10-23-32)33-24-11-4-12-25-33;/h1-25,27H,26H2;1H/q+1;/p-1/b16-14+;. The van der Waals surface area contributed by atoms with Gasteiger partial charge in [0.15, 0.2) is 0 Å². The fraction of sp³-hybridized carbons (Fsp3) is 0.0303. The minimum atomic E-state index is -1.87. The summed E-state index contributed by atoms with van der Waals surface area (Å²) in [4.78, 5) is 0. The molecule has 0 spiro atoms. The molecule has 0 heterocycles. The maximum Gasteiger partial charge on any atom is 0.128 e. The van der Waals surface area contributed by atoms with Crippen molar-refractivity contribution in [3.63, 3.8) is 0 Å². The molecule has 0 aliphatic heterocycles. The van der Waals surface area contributed by atoms with Crippen LogP contribution in [0.1, 0.15) is 5.56 Å². The van der Waals surface area contributed by atoms with Crippen molar-refractivity contribution in [1.29, 1.82) is 0 Å². The topological polar surface area (TPSA) is 9.23 Å². The van der Waals surface area contributed by atoms with Crippen LogP contribution in [0.2, 0.25) is 0 Å². The van der Waals surface area contributed by atoms with Crippen LogP contribution in [0.4, 0.5) is 0 Å². The first-order chi connectivity index (χ1) is 17.3. The quantitative estimate of drug-likeness (QED) is 0.282. The van der Waals surface area contributed by atoms with Gasteiger partial charge < -0.3 is 17.1 Å². The second kappa shape index (κ2) is 12.4. The number of halogens is 1. The van der Waals surface area contributed by atoms with Crippen molar-refractivity contribution in [2.45, 2.75) is 0 Å². The van der Waals surface area contributed by atoms with Gasteiger partial charge in [0.2, 0.25) is 0 Å². The van der Waals surface area contributed by atoms with E-state index in [0.29, 0.717) is 0 Å². The zero-order valence-electron chi connectivity index (χ0n) is 20.0. The Balaban J connectivity index is 0.00000304. The molecule has 178 valence electrons. The van der Waals surface area contributed by atoms with Crippen LogP contribution in [0.3, 0.4) is 0 Å². The van der Waals surface area contributed by atoms with Gasteiger partial charge in [-0.2, -0.15) is 0 Å². The summed E-state index contributed by atoms with van der Waals surface area (Å²) in [6.07, 6.45) is 5.50. The van der Waals surface area contributed by atoms with E-state index in [1.165, 1.54) is 15.9 Å². The lowest BCUT2D eigenvalue weighted by Gasteiger charge is -2.26. The molecule has 0 radical (unpaired) electrons. The molecule has 5 aromatic rings. The van der Waals surface area contributed by atoms with Crippen LogP contribution in [-0.2, 0) is 0 Å². The predicted molar refractivity (Wildman–Crippen MR) is 152 cm³/mol. The van der Waals surface area contributed by atoms with Crippen LogP contribution < -0.4 is 33.1 Å². The Labute approximate surface area is 220 Å². The average molecular weight is 507 g/mol. The maximum atomic E-state index is 6.05. The van der Waals surface area contributed by atoms with Gasteiger partial charge in [-0.25, -0.2) is 0 Å². The van der Waals surface area contributed by atoms with Crippen molar-refractivity contribution in [3.8, 4) is 11.5 Å². The first-order valence-corrected chi connectivity index (χ1v) is 13.9. The lowest BCUT2D eigenvalue weighted by atomic mass is 10.2. The van der Waals surface area contributed by atoms with E-state index in [2.05, 4.69) is 115 Å². The molecule has 0 unspecified atom stereocenters. The lowest BCUT2D eigenvalue weighted by molar-refractivity contribution is -0.00000721. The lowest BCUT2D eigenvalue weighted by Crippen LogP contribution is -3.00. The molecule has 0 fully saturated rings. The van der Waals surface area contributed by atoms with Crippen LogP contribution in [0, 0.1) is 0 Å². The Morgan fingerprint density at radius 3 is 1.44 bits per heavy atom. The van der Waals surface area contributed by atoms with Crippen LogP contribution in [0.15, 0.2) is 152 Å². The van der Waals surface area contributed by atoms with E-state index in [-0.39, 0.29) is 12.4 Å². The van der Waals surface area contributed by atoms with Crippen LogP contribution in [-0.4, -0.2) is 6.16 Å². The molecular weight excluding hydrogens is 479 g/mol. The zero-order valence-corrected chi connectivity index (χ0v) is 21.6. The first kappa shape index (κ1) is 25.5. The summed E-state index contributed by atoms with van der Waals surface area (Å²) in [7, 11) is -1.87. The molecule has 5 aromatic carbocycles. The van der Waals surface area contributed by atoms with Crippen molar-refractivity contribution in [3.05, 3.63) is 157 Å². The van der Waals surface area contributed by atoms with E-state index in [1.54, 1.807) is 0 Å². The van der Waals surface area contributed by atoms with E-state index >= 15 is 0 Å². The second-order valence-electron chi connectivity index (χ2n) is 8.39. The molecule has 0 atom stereocenters. The number of hydrogen-bond acceptors (Lipinski definition) is 1. The van der Waals surface area contributed by atoms with E-state index in [4.69, 9.17) is 4.74 Å². The van der Waals surface area contributed by atoms with Crippen molar-refractivity contribution in [2.24, 2.45) is 0 Å². The minimum Gasteiger partial charge on any atom is -1.00 e. The Morgan fingerprint density at radius 2 is 0.944 bits per heavy atom.